The van der Waals surface area contributed by atoms with Crippen LogP contribution in [0.2, 0.25) is 5.02 Å². The average molecular weight is 433 g/mol. The molecule has 1 aliphatic rings. The van der Waals surface area contributed by atoms with Gasteiger partial charge in [-0.1, -0.05) is 47.7 Å². The molecule has 1 heterocycles. The number of rotatable bonds is 5. The minimum absolute atomic E-state index is 0.107. The number of nitrogens with zero attached hydrogens (tertiary/aromatic N) is 1. The molecule has 3 rings (SSSR count). The topological polar surface area (TPSA) is 58.6 Å². The number of hydrogen-bond acceptors (Lipinski definition) is 5. The van der Waals surface area contributed by atoms with Crippen molar-refractivity contribution in [2.24, 2.45) is 0 Å². The fourth-order valence-electron chi connectivity index (χ4n) is 2.43. The summed E-state index contributed by atoms with van der Waals surface area (Å²) in [5.74, 6) is 0.185. The van der Waals surface area contributed by atoms with Gasteiger partial charge in [0.2, 0.25) is 0 Å². The lowest BCUT2D eigenvalue weighted by Crippen LogP contribution is -2.22. The molecule has 8 heteroatoms. The average Bonchev–Trinajstić information content (AvgIpc) is 2.91. The van der Waals surface area contributed by atoms with Gasteiger partial charge in [0.15, 0.2) is 6.61 Å². The quantitative estimate of drug-likeness (QED) is 0.557. The molecule has 28 heavy (non-hydrogen) atoms. The van der Waals surface area contributed by atoms with Crippen LogP contribution in [0.1, 0.15) is 11.1 Å². The highest BCUT2D eigenvalue weighted by molar-refractivity contribution is 8.26. The van der Waals surface area contributed by atoms with Crippen molar-refractivity contribution in [3.63, 3.8) is 0 Å². The van der Waals surface area contributed by atoms with Gasteiger partial charge in [0.1, 0.15) is 10.1 Å². The maximum atomic E-state index is 12.0. The maximum absolute atomic E-state index is 12.0. The Morgan fingerprint density at radius 1 is 1.29 bits per heavy atom. The number of likely N-dealkylation sites (N-methyl/N-ethyl adjacent to an activating group) is 1. The van der Waals surface area contributed by atoms with E-state index >= 15 is 0 Å². The van der Waals surface area contributed by atoms with Crippen LogP contribution in [0.15, 0.2) is 47.4 Å². The summed E-state index contributed by atoms with van der Waals surface area (Å²) in [5.41, 5.74) is 2.40. The van der Waals surface area contributed by atoms with Crippen molar-refractivity contribution in [3.8, 4) is 5.75 Å². The Balaban J connectivity index is 1.56. The van der Waals surface area contributed by atoms with Crippen LogP contribution >= 0.6 is 35.6 Å². The molecule has 0 atom stereocenters. The summed E-state index contributed by atoms with van der Waals surface area (Å²) < 4.78 is 6.05. The number of aryl methyl sites for hydroxylation is 1. The molecule has 0 spiro atoms. The molecule has 2 aromatic carbocycles. The molecular formula is C20H17ClN2O3S2. The Morgan fingerprint density at radius 2 is 2.00 bits per heavy atom. The van der Waals surface area contributed by atoms with Crippen molar-refractivity contribution in [2.45, 2.75) is 6.92 Å². The fraction of sp³-hybridized carbons (Fsp3) is 0.150. The summed E-state index contributed by atoms with van der Waals surface area (Å²) in [4.78, 5) is 26.1. The first-order valence-electron chi connectivity index (χ1n) is 8.34. The monoisotopic (exact) mass is 432 g/mol. The lowest BCUT2D eigenvalue weighted by atomic mass is 10.2. The molecule has 1 N–H and O–H groups in total. The van der Waals surface area contributed by atoms with Crippen molar-refractivity contribution in [1.29, 1.82) is 0 Å². The second kappa shape index (κ2) is 8.77. The van der Waals surface area contributed by atoms with Crippen LogP contribution in [-0.2, 0) is 9.59 Å². The molecule has 1 aliphatic heterocycles. The number of ether oxygens (including phenoxy) is 1. The number of hydrogen-bond donors (Lipinski definition) is 1. The van der Waals surface area contributed by atoms with Crippen LogP contribution < -0.4 is 10.1 Å². The summed E-state index contributed by atoms with van der Waals surface area (Å²) in [6.45, 7) is 1.75. The zero-order valence-corrected chi connectivity index (χ0v) is 17.6. The Kier molecular flexibility index (Phi) is 6.39. The molecular weight excluding hydrogens is 416 g/mol. The van der Waals surface area contributed by atoms with Gasteiger partial charge in [-0.05, 0) is 54.5 Å². The van der Waals surface area contributed by atoms with E-state index in [2.05, 4.69) is 5.32 Å². The van der Waals surface area contributed by atoms with Gasteiger partial charge in [0.25, 0.3) is 11.8 Å². The van der Waals surface area contributed by atoms with Crippen LogP contribution in [0.3, 0.4) is 0 Å². The number of thioether (sulfide) groups is 1. The first-order chi connectivity index (χ1) is 13.3. The van der Waals surface area contributed by atoms with Crippen molar-refractivity contribution in [1.82, 2.24) is 4.90 Å². The summed E-state index contributed by atoms with van der Waals surface area (Å²) in [6.07, 6.45) is 1.78. The smallest absolute Gasteiger partial charge is 0.265 e. The van der Waals surface area contributed by atoms with Gasteiger partial charge in [-0.25, -0.2) is 0 Å². The normalized spacial score (nSPS) is 15.2. The van der Waals surface area contributed by atoms with Gasteiger partial charge in [-0.2, -0.15) is 0 Å². The van der Waals surface area contributed by atoms with E-state index in [0.717, 1.165) is 11.1 Å². The summed E-state index contributed by atoms with van der Waals surface area (Å²) in [7, 11) is 1.66. The van der Waals surface area contributed by atoms with Crippen LogP contribution in [0.4, 0.5) is 5.69 Å². The molecule has 0 saturated carbocycles. The van der Waals surface area contributed by atoms with Crippen molar-refractivity contribution >= 4 is 63.5 Å². The number of amides is 2. The molecule has 1 saturated heterocycles. The van der Waals surface area contributed by atoms with E-state index in [4.69, 9.17) is 28.6 Å². The highest BCUT2D eigenvalue weighted by atomic mass is 35.5. The van der Waals surface area contributed by atoms with E-state index in [-0.39, 0.29) is 18.4 Å². The van der Waals surface area contributed by atoms with E-state index in [1.165, 1.54) is 16.7 Å². The molecule has 2 aromatic rings. The van der Waals surface area contributed by atoms with Gasteiger partial charge >= 0.3 is 0 Å². The number of benzene rings is 2. The number of anilines is 1. The zero-order chi connectivity index (χ0) is 20.3. The molecule has 0 radical (unpaired) electrons. The molecule has 144 valence electrons. The number of nitrogens with one attached hydrogen (secondary N) is 1. The van der Waals surface area contributed by atoms with Crippen molar-refractivity contribution in [3.05, 3.63) is 63.5 Å². The highest BCUT2D eigenvalue weighted by Crippen LogP contribution is 2.31. The molecule has 1 fully saturated rings. The second-order valence-corrected chi connectivity index (χ2v) is 8.19. The fourth-order valence-corrected chi connectivity index (χ4v) is 3.72. The number of carbonyl (C=O) groups is 2. The molecule has 0 unspecified atom stereocenters. The summed E-state index contributed by atoms with van der Waals surface area (Å²) in [5, 5.41) is 3.41. The van der Waals surface area contributed by atoms with Crippen molar-refractivity contribution in [2.75, 3.05) is 19.0 Å². The van der Waals surface area contributed by atoms with Crippen LogP contribution in [-0.4, -0.2) is 34.7 Å². The van der Waals surface area contributed by atoms with E-state index in [1.807, 2.05) is 19.1 Å². The van der Waals surface area contributed by atoms with E-state index in [0.29, 0.717) is 25.7 Å². The lowest BCUT2D eigenvalue weighted by molar-refractivity contribution is -0.121. The lowest BCUT2D eigenvalue weighted by Gasteiger charge is -2.09. The predicted octanol–water partition coefficient (Wildman–Crippen LogP) is 4.50. The summed E-state index contributed by atoms with van der Waals surface area (Å²) >= 11 is 12.4. The number of halogens is 1. The summed E-state index contributed by atoms with van der Waals surface area (Å²) in [6, 6.07) is 12.4. The van der Waals surface area contributed by atoms with Crippen LogP contribution in [0, 0.1) is 6.92 Å². The van der Waals surface area contributed by atoms with Gasteiger partial charge in [-0.15, -0.1) is 0 Å². The highest BCUT2D eigenvalue weighted by Gasteiger charge is 2.28. The Morgan fingerprint density at radius 3 is 2.61 bits per heavy atom. The molecule has 2 amide bonds. The Hall–Kier alpha value is -2.35. The minimum atomic E-state index is -0.266. The third kappa shape index (κ3) is 4.92. The zero-order valence-electron chi connectivity index (χ0n) is 15.2. The maximum Gasteiger partial charge on any atom is 0.265 e. The third-order valence-electron chi connectivity index (χ3n) is 3.98. The first kappa shape index (κ1) is 20.4. The van der Waals surface area contributed by atoms with Gasteiger partial charge in [0, 0.05) is 17.8 Å². The molecule has 0 bridgehead atoms. The van der Waals surface area contributed by atoms with Gasteiger partial charge < -0.3 is 10.1 Å². The van der Waals surface area contributed by atoms with Gasteiger partial charge in [-0.3, -0.25) is 14.5 Å². The number of carbonyl (C=O) groups excluding carboxylic acids is 2. The molecule has 0 aliphatic carbocycles. The SMILES string of the molecule is Cc1cc(NC(=O)COc2ccc(/C=C3/SC(=S)N(C)C3=O)cc2)ccc1Cl. The largest absolute Gasteiger partial charge is 0.484 e. The van der Waals surface area contributed by atoms with E-state index in [9.17, 15) is 9.59 Å². The van der Waals surface area contributed by atoms with Crippen LogP contribution in [0.25, 0.3) is 6.08 Å². The number of thiocarbonyl (C=S) groups is 1. The van der Waals surface area contributed by atoms with Crippen molar-refractivity contribution < 1.29 is 14.3 Å². The first-order valence-corrected chi connectivity index (χ1v) is 9.94. The standard InChI is InChI=1S/C20H17ClN2O3S2/c1-12-9-14(5-8-16(12)21)22-18(24)11-26-15-6-3-13(4-7-15)10-17-19(25)23(2)20(27)28-17/h3-10H,11H2,1-2H3,(H,22,24)/b17-10+. The molecule has 0 aromatic heterocycles. The molecule has 5 nitrogen and oxygen atoms in total. The van der Waals surface area contributed by atoms with Gasteiger partial charge in [0.05, 0.1) is 4.91 Å². The third-order valence-corrected chi connectivity index (χ3v) is 5.88. The Labute approximate surface area is 177 Å². The van der Waals surface area contributed by atoms with E-state index < -0.39 is 0 Å². The van der Waals surface area contributed by atoms with E-state index in [1.54, 1.807) is 43.5 Å². The minimum Gasteiger partial charge on any atom is -0.484 e. The second-order valence-electron chi connectivity index (χ2n) is 6.11. The Bertz CT molecular complexity index is 974. The van der Waals surface area contributed by atoms with Crippen LogP contribution in [0.5, 0.6) is 5.75 Å². The predicted molar refractivity (Wildman–Crippen MR) is 118 cm³/mol.